The van der Waals surface area contributed by atoms with Crippen LogP contribution >= 0.6 is 11.8 Å². The third-order valence-electron chi connectivity index (χ3n) is 5.49. The molecule has 0 aliphatic heterocycles. The molecule has 3 aromatic rings. The summed E-state index contributed by atoms with van der Waals surface area (Å²) in [6, 6.07) is 9.75. The minimum Gasteiger partial charge on any atom is -0.496 e. The maximum absolute atomic E-state index is 13.1. The Morgan fingerprint density at radius 1 is 1.25 bits per heavy atom. The molecule has 1 fully saturated rings. The molecule has 0 radical (unpaired) electrons. The molecule has 2 aromatic carbocycles. The van der Waals surface area contributed by atoms with E-state index in [1.165, 1.54) is 35.7 Å². The fourth-order valence-electron chi connectivity index (χ4n) is 3.87. The van der Waals surface area contributed by atoms with Crippen molar-refractivity contribution >= 4 is 29.0 Å². The molecule has 1 aliphatic rings. The van der Waals surface area contributed by atoms with Crippen LogP contribution in [0.2, 0.25) is 0 Å². The Labute approximate surface area is 188 Å². The Morgan fingerprint density at radius 3 is 2.69 bits per heavy atom. The van der Waals surface area contributed by atoms with Crippen molar-refractivity contribution in [3.63, 3.8) is 0 Å². The quantitative estimate of drug-likeness (QED) is 0.416. The van der Waals surface area contributed by atoms with Crippen molar-refractivity contribution < 1.29 is 14.5 Å². The summed E-state index contributed by atoms with van der Waals surface area (Å²) in [4.78, 5) is 24.4. The number of non-ortho nitro benzene ring substituents is 1. The van der Waals surface area contributed by atoms with Gasteiger partial charge in [0.05, 0.1) is 17.6 Å². The van der Waals surface area contributed by atoms with E-state index in [9.17, 15) is 14.9 Å². The Morgan fingerprint density at radius 2 is 2.03 bits per heavy atom. The zero-order valence-corrected chi connectivity index (χ0v) is 18.5. The third-order valence-corrected chi connectivity index (χ3v) is 6.59. The lowest BCUT2D eigenvalue weighted by Crippen LogP contribution is -2.14. The van der Waals surface area contributed by atoms with E-state index in [1.807, 2.05) is 12.1 Å². The Hall–Kier alpha value is -3.47. The summed E-state index contributed by atoms with van der Waals surface area (Å²) < 4.78 is 7.03. The van der Waals surface area contributed by atoms with E-state index >= 15 is 0 Å². The van der Waals surface area contributed by atoms with Crippen LogP contribution in [0.15, 0.2) is 46.5 Å². The van der Waals surface area contributed by atoms with Crippen molar-refractivity contribution in [3.8, 4) is 5.75 Å². The van der Waals surface area contributed by atoms with Gasteiger partial charge >= 0.3 is 0 Å². The fraction of sp³-hybridized carbons (Fsp3) is 0.333. The third kappa shape index (κ3) is 4.57. The number of tetrazole rings is 1. The van der Waals surface area contributed by atoms with Crippen molar-refractivity contribution in [2.75, 3.05) is 12.4 Å². The van der Waals surface area contributed by atoms with Gasteiger partial charge in [-0.05, 0) is 58.6 Å². The van der Waals surface area contributed by atoms with Gasteiger partial charge in [-0.25, -0.2) is 4.68 Å². The van der Waals surface area contributed by atoms with E-state index in [4.69, 9.17) is 4.74 Å². The number of anilines is 1. The van der Waals surface area contributed by atoms with Crippen LogP contribution in [-0.2, 0) is 7.05 Å². The molecule has 10 nitrogen and oxygen atoms in total. The molecule has 1 N–H and O–H groups in total. The lowest BCUT2D eigenvalue weighted by molar-refractivity contribution is -0.384. The highest BCUT2D eigenvalue weighted by atomic mass is 32.2. The Balaban J connectivity index is 1.62. The van der Waals surface area contributed by atoms with E-state index in [1.54, 1.807) is 20.2 Å². The molecule has 0 saturated heterocycles. The zero-order chi connectivity index (χ0) is 22.7. The average molecular weight is 455 g/mol. The van der Waals surface area contributed by atoms with Crippen LogP contribution in [0.1, 0.15) is 47.5 Å². The van der Waals surface area contributed by atoms with Gasteiger partial charge in [0.25, 0.3) is 11.6 Å². The van der Waals surface area contributed by atoms with Crippen LogP contribution in [0.3, 0.4) is 0 Å². The summed E-state index contributed by atoms with van der Waals surface area (Å²) in [5, 5.41) is 25.8. The number of hydrogen-bond donors (Lipinski definition) is 1. The van der Waals surface area contributed by atoms with Crippen LogP contribution < -0.4 is 10.1 Å². The predicted molar refractivity (Wildman–Crippen MR) is 118 cm³/mol. The molecule has 166 valence electrons. The minimum absolute atomic E-state index is 0.158. The van der Waals surface area contributed by atoms with Gasteiger partial charge in [-0.1, -0.05) is 18.9 Å². The van der Waals surface area contributed by atoms with Gasteiger partial charge in [0.2, 0.25) is 5.16 Å². The monoisotopic (exact) mass is 454 g/mol. The fourth-order valence-corrected chi connectivity index (χ4v) is 4.71. The first-order valence-electron chi connectivity index (χ1n) is 10.1. The van der Waals surface area contributed by atoms with E-state index in [-0.39, 0.29) is 11.3 Å². The van der Waals surface area contributed by atoms with Crippen molar-refractivity contribution in [3.05, 3.63) is 57.6 Å². The number of rotatable bonds is 7. The van der Waals surface area contributed by atoms with Crippen molar-refractivity contribution in [2.24, 2.45) is 7.05 Å². The van der Waals surface area contributed by atoms with E-state index in [0.29, 0.717) is 21.7 Å². The van der Waals surface area contributed by atoms with Crippen molar-refractivity contribution in [2.45, 2.75) is 41.7 Å². The number of carbonyl (C=O) groups excluding carboxylic acids is 1. The van der Waals surface area contributed by atoms with Crippen molar-refractivity contribution in [1.82, 2.24) is 20.2 Å². The van der Waals surface area contributed by atoms with Crippen LogP contribution in [-0.4, -0.2) is 38.1 Å². The normalized spacial score (nSPS) is 13.8. The zero-order valence-electron chi connectivity index (χ0n) is 17.6. The number of carbonyl (C=O) groups is 1. The van der Waals surface area contributed by atoms with Gasteiger partial charge in [-0.3, -0.25) is 14.9 Å². The second kappa shape index (κ2) is 9.35. The second-order valence-electron chi connectivity index (χ2n) is 7.52. The second-order valence-corrected chi connectivity index (χ2v) is 8.53. The van der Waals surface area contributed by atoms with Crippen molar-refractivity contribution in [1.29, 1.82) is 0 Å². The molecule has 1 amide bonds. The van der Waals surface area contributed by atoms with Gasteiger partial charge in [0.1, 0.15) is 5.75 Å². The standard InChI is InChI=1S/C21H22N6O4S/c1-26-21(23-24-25-26)32-19-10-8-15(27(29)30)12-17(19)20(28)22-14-7-9-16(18(11-14)31-2)13-5-3-4-6-13/h7-13H,3-6H2,1-2H3,(H,22,28). The van der Waals surface area contributed by atoms with E-state index < -0.39 is 10.8 Å². The predicted octanol–water partition coefficient (Wildman–Crippen LogP) is 4.19. The van der Waals surface area contributed by atoms with Crippen LogP contribution in [0.25, 0.3) is 0 Å². The smallest absolute Gasteiger partial charge is 0.270 e. The summed E-state index contributed by atoms with van der Waals surface area (Å²) >= 11 is 1.15. The number of aryl methyl sites for hydroxylation is 1. The van der Waals surface area contributed by atoms with Gasteiger partial charge in [-0.2, -0.15) is 0 Å². The van der Waals surface area contributed by atoms with Gasteiger partial charge < -0.3 is 10.1 Å². The molecule has 0 bridgehead atoms. The number of benzene rings is 2. The number of nitrogens with one attached hydrogen (secondary N) is 1. The molecule has 0 atom stereocenters. The number of nitro groups is 1. The lowest BCUT2D eigenvalue weighted by Gasteiger charge is -2.16. The molecule has 32 heavy (non-hydrogen) atoms. The highest BCUT2D eigenvalue weighted by Gasteiger charge is 2.22. The average Bonchev–Trinajstić information content (AvgIpc) is 3.46. The summed E-state index contributed by atoms with van der Waals surface area (Å²) in [5.74, 6) is 0.727. The largest absolute Gasteiger partial charge is 0.496 e. The summed E-state index contributed by atoms with van der Waals surface area (Å²) in [5.41, 5.74) is 1.68. The highest BCUT2D eigenvalue weighted by molar-refractivity contribution is 7.99. The van der Waals surface area contributed by atoms with Crippen LogP contribution in [0.5, 0.6) is 5.75 Å². The van der Waals surface area contributed by atoms with E-state index in [0.717, 1.165) is 35.9 Å². The van der Waals surface area contributed by atoms with Gasteiger partial charge in [-0.15, -0.1) is 5.10 Å². The summed E-state index contributed by atoms with van der Waals surface area (Å²) in [6.45, 7) is 0. The molecule has 11 heteroatoms. The molecule has 1 heterocycles. The first-order chi connectivity index (χ1) is 15.5. The Bertz CT molecular complexity index is 1160. The Kier molecular flexibility index (Phi) is 6.35. The van der Waals surface area contributed by atoms with Gasteiger partial charge in [0.15, 0.2) is 0 Å². The lowest BCUT2D eigenvalue weighted by atomic mass is 9.96. The number of nitro benzene ring substituents is 1. The molecular weight excluding hydrogens is 432 g/mol. The first-order valence-corrected chi connectivity index (χ1v) is 11.0. The number of ether oxygens (including phenoxy) is 1. The van der Waals surface area contributed by atoms with E-state index in [2.05, 4.69) is 20.8 Å². The number of amides is 1. The topological polar surface area (TPSA) is 125 Å². The maximum Gasteiger partial charge on any atom is 0.270 e. The summed E-state index contributed by atoms with van der Waals surface area (Å²) in [7, 11) is 3.29. The molecule has 4 rings (SSSR count). The maximum atomic E-state index is 13.1. The summed E-state index contributed by atoms with van der Waals surface area (Å²) in [6.07, 6.45) is 4.68. The number of aromatic nitrogens is 4. The van der Waals surface area contributed by atoms with Gasteiger partial charge in [0, 0.05) is 35.8 Å². The highest BCUT2D eigenvalue weighted by Crippen LogP contribution is 2.40. The molecule has 1 aliphatic carbocycles. The number of nitrogens with zero attached hydrogens (tertiary/aromatic N) is 5. The number of hydrogen-bond acceptors (Lipinski definition) is 8. The molecule has 1 saturated carbocycles. The SMILES string of the molecule is COc1cc(NC(=O)c2cc([N+](=O)[O-])ccc2Sc2nnnn2C)ccc1C1CCCC1. The molecule has 1 aromatic heterocycles. The molecule has 0 spiro atoms. The number of methoxy groups -OCH3 is 1. The molecule has 0 unspecified atom stereocenters. The van der Waals surface area contributed by atoms with Crippen LogP contribution in [0.4, 0.5) is 11.4 Å². The first kappa shape index (κ1) is 21.8. The molecular formula is C21H22N6O4S. The minimum atomic E-state index is -0.533. The van der Waals surface area contributed by atoms with Crippen LogP contribution in [0, 0.1) is 10.1 Å².